The number of rotatable bonds is 2. The van der Waals surface area contributed by atoms with Gasteiger partial charge in [-0.25, -0.2) is 9.78 Å². The number of aromatic carboxylic acids is 1. The van der Waals surface area contributed by atoms with Gasteiger partial charge in [-0.3, -0.25) is 0 Å². The minimum atomic E-state index is -1.02. The lowest BCUT2D eigenvalue weighted by molar-refractivity contribution is 0.0696. The summed E-state index contributed by atoms with van der Waals surface area (Å²) in [7, 11) is 0. The molecule has 1 saturated carbocycles. The number of hydrogen-bond donors (Lipinski definition) is 2. The predicted molar refractivity (Wildman–Crippen MR) is 54.1 cm³/mol. The summed E-state index contributed by atoms with van der Waals surface area (Å²) in [5.74, 6) is -0.904. The van der Waals surface area contributed by atoms with Gasteiger partial charge in [0.05, 0.1) is 5.56 Å². The van der Waals surface area contributed by atoms with Gasteiger partial charge in [0.2, 0.25) is 5.88 Å². The van der Waals surface area contributed by atoms with Gasteiger partial charge in [-0.15, -0.1) is 0 Å². The number of carboxylic acid groups (broad SMARTS) is 1. The molecule has 1 heterocycles. The van der Waals surface area contributed by atoms with Crippen LogP contribution in [0.3, 0.4) is 0 Å². The molecular formula is C11H13NO3. The number of nitrogens with zero attached hydrogens (tertiary/aromatic N) is 1. The van der Waals surface area contributed by atoms with Crippen molar-refractivity contribution in [1.82, 2.24) is 4.98 Å². The average Bonchev–Trinajstić information content (AvgIpc) is 2.69. The first-order chi connectivity index (χ1) is 7.16. The Morgan fingerprint density at radius 3 is 2.60 bits per heavy atom. The lowest BCUT2D eigenvalue weighted by Crippen LogP contribution is -2.02. The third-order valence-corrected chi connectivity index (χ3v) is 2.85. The third-order valence-electron chi connectivity index (χ3n) is 2.85. The molecule has 0 amide bonds. The molecule has 15 heavy (non-hydrogen) atoms. The Kier molecular flexibility index (Phi) is 2.58. The van der Waals surface area contributed by atoms with E-state index in [1.807, 2.05) is 0 Å². The van der Waals surface area contributed by atoms with E-state index in [1.165, 1.54) is 6.07 Å². The number of carboxylic acids is 1. The van der Waals surface area contributed by atoms with Crippen LogP contribution in [0.4, 0.5) is 0 Å². The predicted octanol–water partition coefficient (Wildman–Crippen LogP) is 2.14. The highest BCUT2D eigenvalue weighted by atomic mass is 16.4. The fraction of sp³-hybridized carbons (Fsp3) is 0.455. The molecule has 0 atom stereocenters. The minimum Gasteiger partial charge on any atom is -0.493 e. The first-order valence-electron chi connectivity index (χ1n) is 5.11. The zero-order valence-electron chi connectivity index (χ0n) is 8.31. The van der Waals surface area contributed by atoms with E-state index in [2.05, 4.69) is 4.98 Å². The number of aromatic nitrogens is 1. The lowest BCUT2D eigenvalue weighted by Gasteiger charge is -2.09. The molecule has 2 rings (SSSR count). The van der Waals surface area contributed by atoms with E-state index >= 15 is 0 Å². The normalized spacial score (nSPS) is 16.8. The molecule has 1 aromatic heterocycles. The monoisotopic (exact) mass is 207 g/mol. The van der Waals surface area contributed by atoms with Crippen molar-refractivity contribution in [2.24, 2.45) is 0 Å². The number of aromatic hydroxyl groups is 1. The molecule has 0 radical (unpaired) electrons. The molecule has 0 aromatic carbocycles. The zero-order chi connectivity index (χ0) is 10.8. The van der Waals surface area contributed by atoms with Crippen molar-refractivity contribution >= 4 is 5.97 Å². The Bertz CT molecular complexity index is 383. The summed E-state index contributed by atoms with van der Waals surface area (Å²) >= 11 is 0. The minimum absolute atomic E-state index is 0.115. The van der Waals surface area contributed by atoms with Crippen molar-refractivity contribution in [3.05, 3.63) is 23.4 Å². The second kappa shape index (κ2) is 3.88. The second-order valence-corrected chi connectivity index (χ2v) is 3.93. The highest BCUT2D eigenvalue weighted by Crippen LogP contribution is 2.34. The maximum absolute atomic E-state index is 10.8. The summed E-state index contributed by atoms with van der Waals surface area (Å²) in [6, 6.07) is 2.75. The molecule has 1 aliphatic rings. The number of hydrogen-bond acceptors (Lipinski definition) is 3. The van der Waals surface area contributed by atoms with Gasteiger partial charge in [0, 0.05) is 17.7 Å². The SMILES string of the molecule is O=C(O)c1cc(O)nc(C2CCCC2)c1. The van der Waals surface area contributed by atoms with Crippen LogP contribution >= 0.6 is 0 Å². The summed E-state index contributed by atoms with van der Waals surface area (Å²) < 4.78 is 0. The second-order valence-electron chi connectivity index (χ2n) is 3.93. The summed E-state index contributed by atoms with van der Waals surface area (Å²) in [4.78, 5) is 14.8. The maximum atomic E-state index is 10.8. The molecule has 0 unspecified atom stereocenters. The molecule has 0 bridgehead atoms. The van der Waals surface area contributed by atoms with E-state index in [-0.39, 0.29) is 11.4 Å². The van der Waals surface area contributed by atoms with E-state index in [0.29, 0.717) is 11.6 Å². The fourth-order valence-corrected chi connectivity index (χ4v) is 2.09. The zero-order valence-corrected chi connectivity index (χ0v) is 8.31. The van der Waals surface area contributed by atoms with Crippen LogP contribution < -0.4 is 0 Å². The smallest absolute Gasteiger partial charge is 0.335 e. The van der Waals surface area contributed by atoms with Crippen molar-refractivity contribution in [3.63, 3.8) is 0 Å². The average molecular weight is 207 g/mol. The molecule has 1 fully saturated rings. The molecule has 4 nitrogen and oxygen atoms in total. The summed E-state index contributed by atoms with van der Waals surface area (Å²) in [5.41, 5.74) is 0.828. The van der Waals surface area contributed by atoms with Crippen LogP contribution in [0.5, 0.6) is 5.88 Å². The topological polar surface area (TPSA) is 70.4 Å². The highest BCUT2D eigenvalue weighted by Gasteiger charge is 2.20. The van der Waals surface area contributed by atoms with Crippen molar-refractivity contribution in [1.29, 1.82) is 0 Å². The fourth-order valence-electron chi connectivity index (χ4n) is 2.09. The molecule has 0 spiro atoms. The van der Waals surface area contributed by atoms with Gasteiger partial charge in [-0.1, -0.05) is 12.8 Å². The Morgan fingerprint density at radius 1 is 1.33 bits per heavy atom. The van der Waals surface area contributed by atoms with Gasteiger partial charge >= 0.3 is 5.97 Å². The van der Waals surface area contributed by atoms with E-state index in [1.54, 1.807) is 6.07 Å². The van der Waals surface area contributed by atoms with Gasteiger partial charge in [-0.05, 0) is 18.9 Å². The molecule has 1 aromatic rings. The van der Waals surface area contributed by atoms with Crippen molar-refractivity contribution < 1.29 is 15.0 Å². The maximum Gasteiger partial charge on any atom is 0.335 e. The van der Waals surface area contributed by atoms with Crippen LogP contribution in [0, 0.1) is 0 Å². The number of pyridine rings is 1. The molecule has 4 heteroatoms. The molecule has 0 saturated heterocycles. The van der Waals surface area contributed by atoms with Crippen molar-refractivity contribution in [3.8, 4) is 5.88 Å². The molecule has 1 aliphatic carbocycles. The van der Waals surface area contributed by atoms with E-state index in [0.717, 1.165) is 25.7 Å². The van der Waals surface area contributed by atoms with Gasteiger partial charge in [-0.2, -0.15) is 0 Å². The molecular weight excluding hydrogens is 194 g/mol. The Morgan fingerprint density at radius 2 is 2.00 bits per heavy atom. The van der Waals surface area contributed by atoms with E-state index in [4.69, 9.17) is 5.11 Å². The van der Waals surface area contributed by atoms with Crippen LogP contribution in [0.15, 0.2) is 12.1 Å². The van der Waals surface area contributed by atoms with Crippen molar-refractivity contribution in [2.45, 2.75) is 31.6 Å². The van der Waals surface area contributed by atoms with Gasteiger partial charge in [0.15, 0.2) is 0 Å². The van der Waals surface area contributed by atoms with Crippen LogP contribution in [-0.4, -0.2) is 21.2 Å². The van der Waals surface area contributed by atoms with Crippen LogP contribution in [0.25, 0.3) is 0 Å². The van der Waals surface area contributed by atoms with Crippen LogP contribution in [-0.2, 0) is 0 Å². The van der Waals surface area contributed by atoms with Crippen molar-refractivity contribution in [2.75, 3.05) is 0 Å². The highest BCUT2D eigenvalue weighted by molar-refractivity contribution is 5.88. The molecule has 80 valence electrons. The summed E-state index contributed by atoms with van der Waals surface area (Å²) in [6.45, 7) is 0. The van der Waals surface area contributed by atoms with E-state index < -0.39 is 5.97 Å². The largest absolute Gasteiger partial charge is 0.493 e. The first-order valence-corrected chi connectivity index (χ1v) is 5.11. The van der Waals surface area contributed by atoms with Gasteiger partial charge < -0.3 is 10.2 Å². The summed E-state index contributed by atoms with van der Waals surface area (Å²) in [6.07, 6.45) is 4.39. The standard InChI is InChI=1S/C11H13NO3/c13-10-6-8(11(14)15)5-9(12-10)7-3-1-2-4-7/h5-7H,1-4H2,(H,12,13)(H,14,15). The Labute approximate surface area is 87.6 Å². The van der Waals surface area contributed by atoms with Gasteiger partial charge in [0.1, 0.15) is 0 Å². The Balaban J connectivity index is 2.34. The van der Waals surface area contributed by atoms with E-state index in [9.17, 15) is 9.90 Å². The van der Waals surface area contributed by atoms with Crippen LogP contribution in [0.2, 0.25) is 0 Å². The first kappa shape index (κ1) is 9.96. The quantitative estimate of drug-likeness (QED) is 0.779. The third kappa shape index (κ3) is 2.09. The van der Waals surface area contributed by atoms with Gasteiger partial charge in [0.25, 0.3) is 0 Å². The van der Waals surface area contributed by atoms with Crippen LogP contribution in [0.1, 0.15) is 47.7 Å². The number of carbonyl (C=O) groups is 1. The Hall–Kier alpha value is -1.58. The molecule has 2 N–H and O–H groups in total. The summed E-state index contributed by atoms with van der Waals surface area (Å²) in [5, 5.41) is 18.2. The lowest BCUT2D eigenvalue weighted by atomic mass is 10.0. The molecule has 0 aliphatic heterocycles.